The number of hydrogen-bond acceptors (Lipinski definition) is 4. The van der Waals surface area contributed by atoms with Crippen LogP contribution < -0.4 is 10.0 Å². The highest BCUT2D eigenvalue weighted by Crippen LogP contribution is 2.20. The lowest BCUT2D eigenvalue weighted by Crippen LogP contribution is -2.35. The summed E-state index contributed by atoms with van der Waals surface area (Å²) >= 11 is 0. The molecule has 0 amide bonds. The highest BCUT2D eigenvalue weighted by molar-refractivity contribution is 7.89. The Hall–Kier alpha value is -0.640. The SMILES string of the molecule is CCNS(=O)(=O)CCNCC(C)(C)CCC#N. The zero-order valence-corrected chi connectivity index (χ0v) is 11.7. The normalized spacial score (nSPS) is 12.4. The van der Waals surface area contributed by atoms with E-state index in [-0.39, 0.29) is 11.2 Å². The van der Waals surface area contributed by atoms with Crippen LogP contribution in [0.1, 0.15) is 33.6 Å². The van der Waals surface area contributed by atoms with Crippen molar-refractivity contribution < 1.29 is 8.42 Å². The van der Waals surface area contributed by atoms with Gasteiger partial charge in [-0.05, 0) is 11.8 Å². The zero-order valence-electron chi connectivity index (χ0n) is 10.9. The van der Waals surface area contributed by atoms with Crippen LogP contribution in [0.2, 0.25) is 0 Å². The molecule has 5 nitrogen and oxygen atoms in total. The van der Waals surface area contributed by atoms with E-state index >= 15 is 0 Å². The minimum Gasteiger partial charge on any atom is -0.315 e. The second-order valence-corrected chi connectivity index (χ2v) is 6.74. The molecule has 0 atom stereocenters. The molecular formula is C11H23N3O2S. The number of nitriles is 1. The lowest BCUT2D eigenvalue weighted by atomic mass is 9.88. The van der Waals surface area contributed by atoms with Crippen molar-refractivity contribution in [3.05, 3.63) is 0 Å². The van der Waals surface area contributed by atoms with E-state index < -0.39 is 10.0 Å². The van der Waals surface area contributed by atoms with Gasteiger partial charge in [-0.15, -0.1) is 0 Å². The van der Waals surface area contributed by atoms with Crippen LogP contribution in [-0.4, -0.2) is 33.8 Å². The van der Waals surface area contributed by atoms with Gasteiger partial charge < -0.3 is 5.32 Å². The van der Waals surface area contributed by atoms with Gasteiger partial charge in [0.05, 0.1) is 11.8 Å². The fraction of sp³-hybridized carbons (Fsp3) is 0.909. The molecule has 0 heterocycles. The Morgan fingerprint density at radius 3 is 2.53 bits per heavy atom. The number of rotatable bonds is 9. The summed E-state index contributed by atoms with van der Waals surface area (Å²) in [5, 5.41) is 11.6. The van der Waals surface area contributed by atoms with Gasteiger partial charge in [-0.1, -0.05) is 20.8 Å². The molecule has 0 radical (unpaired) electrons. The van der Waals surface area contributed by atoms with E-state index in [1.165, 1.54) is 0 Å². The standard InChI is InChI=1S/C11H23N3O2S/c1-4-14-17(15,16)9-8-13-10-11(2,3)6-5-7-12/h13-14H,4-6,8-10H2,1-3H3. The van der Waals surface area contributed by atoms with Crippen LogP contribution in [0.3, 0.4) is 0 Å². The van der Waals surface area contributed by atoms with E-state index in [0.29, 0.717) is 19.5 Å². The molecule has 0 aliphatic rings. The summed E-state index contributed by atoms with van der Waals surface area (Å²) in [6.07, 6.45) is 1.35. The van der Waals surface area contributed by atoms with Crippen LogP contribution >= 0.6 is 0 Å². The van der Waals surface area contributed by atoms with Crippen molar-refractivity contribution in [1.29, 1.82) is 5.26 Å². The van der Waals surface area contributed by atoms with Gasteiger partial charge in [-0.25, -0.2) is 13.1 Å². The lowest BCUT2D eigenvalue weighted by molar-refractivity contribution is 0.321. The second kappa shape index (κ2) is 7.64. The Bertz CT molecular complexity index is 344. The summed E-state index contributed by atoms with van der Waals surface area (Å²) < 4.78 is 25.1. The Balaban J connectivity index is 3.81. The second-order valence-electron chi connectivity index (χ2n) is 4.82. The van der Waals surface area contributed by atoms with Crippen molar-refractivity contribution in [2.75, 3.05) is 25.4 Å². The summed E-state index contributed by atoms with van der Waals surface area (Å²) in [6.45, 7) is 7.47. The molecule has 6 heteroatoms. The number of hydrogen-bond donors (Lipinski definition) is 2. The molecule has 17 heavy (non-hydrogen) atoms. The predicted octanol–water partition coefficient (Wildman–Crippen LogP) is 0.845. The minimum atomic E-state index is -3.13. The van der Waals surface area contributed by atoms with Crippen LogP contribution in [0.5, 0.6) is 0 Å². The molecule has 0 aromatic heterocycles. The molecule has 0 saturated heterocycles. The molecule has 0 spiro atoms. The molecule has 100 valence electrons. The highest BCUT2D eigenvalue weighted by atomic mass is 32.2. The van der Waals surface area contributed by atoms with E-state index in [2.05, 4.69) is 30.0 Å². The van der Waals surface area contributed by atoms with Gasteiger partial charge in [-0.2, -0.15) is 5.26 Å². The topological polar surface area (TPSA) is 82.0 Å². The summed E-state index contributed by atoms with van der Waals surface area (Å²) in [7, 11) is -3.13. The summed E-state index contributed by atoms with van der Waals surface area (Å²) in [5.41, 5.74) is 0.0255. The van der Waals surface area contributed by atoms with Crippen LogP contribution in [-0.2, 0) is 10.0 Å². The molecule has 0 bridgehead atoms. The molecule has 0 aromatic rings. The monoisotopic (exact) mass is 261 g/mol. The van der Waals surface area contributed by atoms with Crippen LogP contribution in [0.4, 0.5) is 0 Å². The van der Waals surface area contributed by atoms with E-state index in [0.717, 1.165) is 13.0 Å². The first kappa shape index (κ1) is 16.4. The van der Waals surface area contributed by atoms with Crippen molar-refractivity contribution in [3.8, 4) is 6.07 Å². The van der Waals surface area contributed by atoms with E-state index in [9.17, 15) is 8.42 Å². The smallest absolute Gasteiger partial charge is 0.212 e. The molecule has 0 aromatic carbocycles. The molecule has 0 fully saturated rings. The van der Waals surface area contributed by atoms with Gasteiger partial charge in [0.2, 0.25) is 10.0 Å². The highest BCUT2D eigenvalue weighted by Gasteiger charge is 2.17. The van der Waals surface area contributed by atoms with Crippen LogP contribution in [0.15, 0.2) is 0 Å². The fourth-order valence-corrected chi connectivity index (χ4v) is 2.41. The first-order valence-corrected chi connectivity index (χ1v) is 7.53. The van der Waals surface area contributed by atoms with Gasteiger partial charge in [0.25, 0.3) is 0 Å². The Morgan fingerprint density at radius 2 is 2.00 bits per heavy atom. The molecule has 0 unspecified atom stereocenters. The molecule has 0 aliphatic heterocycles. The van der Waals surface area contributed by atoms with Gasteiger partial charge in [0, 0.05) is 26.1 Å². The lowest BCUT2D eigenvalue weighted by Gasteiger charge is -2.23. The van der Waals surface area contributed by atoms with E-state index in [1.54, 1.807) is 6.92 Å². The summed E-state index contributed by atoms with van der Waals surface area (Å²) in [4.78, 5) is 0. The van der Waals surface area contributed by atoms with Crippen molar-refractivity contribution in [1.82, 2.24) is 10.0 Å². The van der Waals surface area contributed by atoms with Gasteiger partial charge in [0.1, 0.15) is 0 Å². The maximum atomic E-state index is 11.3. The van der Waals surface area contributed by atoms with E-state index in [4.69, 9.17) is 5.26 Å². The molecular weight excluding hydrogens is 238 g/mol. The average Bonchev–Trinajstić information content (AvgIpc) is 2.22. The summed E-state index contributed by atoms with van der Waals surface area (Å²) in [5.74, 6) is 0.0924. The van der Waals surface area contributed by atoms with Crippen molar-refractivity contribution >= 4 is 10.0 Å². The van der Waals surface area contributed by atoms with Crippen LogP contribution in [0, 0.1) is 16.7 Å². The third-order valence-electron chi connectivity index (χ3n) is 2.43. The molecule has 0 rings (SSSR count). The minimum absolute atomic E-state index is 0.0255. The third kappa shape index (κ3) is 9.10. The molecule has 0 aliphatic carbocycles. The van der Waals surface area contributed by atoms with Gasteiger partial charge >= 0.3 is 0 Å². The fourth-order valence-electron chi connectivity index (χ4n) is 1.41. The summed E-state index contributed by atoms with van der Waals surface area (Å²) in [6, 6.07) is 2.12. The molecule has 2 N–H and O–H groups in total. The Kier molecular flexibility index (Phi) is 7.35. The van der Waals surface area contributed by atoms with Crippen molar-refractivity contribution in [2.24, 2.45) is 5.41 Å². The Morgan fingerprint density at radius 1 is 1.35 bits per heavy atom. The Labute approximate surface area is 105 Å². The predicted molar refractivity (Wildman–Crippen MR) is 69.0 cm³/mol. The third-order valence-corrected chi connectivity index (χ3v) is 3.90. The van der Waals surface area contributed by atoms with E-state index in [1.807, 2.05) is 0 Å². The van der Waals surface area contributed by atoms with Crippen LogP contribution in [0.25, 0.3) is 0 Å². The molecule has 0 saturated carbocycles. The average molecular weight is 261 g/mol. The number of sulfonamides is 1. The largest absolute Gasteiger partial charge is 0.315 e. The number of nitrogens with zero attached hydrogens (tertiary/aromatic N) is 1. The zero-order chi connectivity index (χ0) is 13.4. The van der Waals surface area contributed by atoms with Crippen molar-refractivity contribution in [3.63, 3.8) is 0 Å². The van der Waals surface area contributed by atoms with Gasteiger partial charge in [-0.3, -0.25) is 0 Å². The maximum Gasteiger partial charge on any atom is 0.212 e. The van der Waals surface area contributed by atoms with Gasteiger partial charge in [0.15, 0.2) is 0 Å². The maximum absolute atomic E-state index is 11.3. The number of nitrogens with one attached hydrogen (secondary N) is 2. The first-order valence-electron chi connectivity index (χ1n) is 5.88. The first-order chi connectivity index (χ1) is 7.83. The van der Waals surface area contributed by atoms with Crippen molar-refractivity contribution in [2.45, 2.75) is 33.6 Å². The quantitative estimate of drug-likeness (QED) is 0.603.